The van der Waals surface area contributed by atoms with Gasteiger partial charge in [-0.05, 0) is 37.1 Å². The number of hydrogen-bond acceptors (Lipinski definition) is 4. The molecule has 0 radical (unpaired) electrons. The van der Waals surface area contributed by atoms with Crippen LogP contribution in [-0.2, 0) is 11.0 Å². The zero-order chi connectivity index (χ0) is 17.7. The van der Waals surface area contributed by atoms with Crippen LogP contribution in [0.15, 0.2) is 18.2 Å². The normalized spacial score (nSPS) is 11.4. The molecule has 24 heavy (non-hydrogen) atoms. The van der Waals surface area contributed by atoms with E-state index in [1.54, 1.807) is 18.2 Å². The maximum absolute atomic E-state index is 12.3. The van der Waals surface area contributed by atoms with E-state index in [0.29, 0.717) is 17.2 Å². The molecule has 1 aromatic carbocycles. The van der Waals surface area contributed by atoms with Crippen molar-refractivity contribution in [1.82, 2.24) is 15.2 Å². The molecule has 2 rings (SSSR count). The Morgan fingerprint density at radius 3 is 2.75 bits per heavy atom. The highest BCUT2D eigenvalue weighted by molar-refractivity contribution is 6.30. The van der Waals surface area contributed by atoms with Crippen LogP contribution in [0.1, 0.15) is 24.2 Å². The summed E-state index contributed by atoms with van der Waals surface area (Å²) in [6.07, 6.45) is -4.19. The zero-order valence-electron chi connectivity index (χ0n) is 12.6. The lowest BCUT2D eigenvalue weighted by atomic mass is 10.2. The molecule has 0 saturated carbocycles. The molecule has 0 saturated heterocycles. The van der Waals surface area contributed by atoms with E-state index in [9.17, 15) is 18.0 Å². The number of amides is 1. The van der Waals surface area contributed by atoms with Crippen LogP contribution in [0.2, 0.25) is 5.02 Å². The molecule has 2 aromatic rings. The number of aromatic amines is 1. The molecule has 6 nitrogen and oxygen atoms in total. The second-order valence-corrected chi connectivity index (χ2v) is 5.37. The van der Waals surface area contributed by atoms with Gasteiger partial charge in [0.05, 0.1) is 6.61 Å². The number of aromatic nitrogens is 3. The first-order chi connectivity index (χ1) is 11.3. The van der Waals surface area contributed by atoms with Gasteiger partial charge in [0.25, 0.3) is 0 Å². The Morgan fingerprint density at radius 1 is 1.38 bits per heavy atom. The van der Waals surface area contributed by atoms with E-state index in [2.05, 4.69) is 15.5 Å². The van der Waals surface area contributed by atoms with Crippen molar-refractivity contribution in [2.24, 2.45) is 0 Å². The van der Waals surface area contributed by atoms with Crippen molar-refractivity contribution in [3.63, 3.8) is 0 Å². The predicted octanol–water partition coefficient (Wildman–Crippen LogP) is 3.58. The molecule has 0 unspecified atom stereocenters. The summed E-state index contributed by atoms with van der Waals surface area (Å²) in [5.41, 5.74) is 0.869. The fourth-order valence-electron chi connectivity index (χ4n) is 1.83. The summed E-state index contributed by atoms with van der Waals surface area (Å²) in [4.78, 5) is 13.5. The Hall–Kier alpha value is -2.29. The Morgan fingerprint density at radius 2 is 2.12 bits per heavy atom. The van der Waals surface area contributed by atoms with Gasteiger partial charge in [-0.25, -0.2) is 0 Å². The first-order valence-corrected chi connectivity index (χ1v) is 7.32. The molecule has 0 atom stereocenters. The highest BCUT2D eigenvalue weighted by atomic mass is 35.5. The number of benzene rings is 1. The summed E-state index contributed by atoms with van der Waals surface area (Å²) < 4.78 is 42.5. The highest BCUT2D eigenvalue weighted by Crippen LogP contribution is 2.26. The number of nitrogens with zero attached hydrogens (tertiary/aromatic N) is 2. The number of H-pyrrole nitrogens is 1. The van der Waals surface area contributed by atoms with E-state index in [1.807, 2.05) is 11.9 Å². The van der Waals surface area contributed by atoms with Crippen molar-refractivity contribution < 1.29 is 22.7 Å². The number of halogens is 4. The molecule has 0 aliphatic heterocycles. The molecule has 1 aromatic heterocycles. The van der Waals surface area contributed by atoms with Crippen LogP contribution in [-0.4, -0.2) is 27.7 Å². The number of nitrogens with one attached hydrogen (secondary N) is 2. The van der Waals surface area contributed by atoms with Crippen molar-refractivity contribution in [1.29, 1.82) is 0 Å². The highest BCUT2D eigenvalue weighted by Gasteiger charge is 2.35. The summed E-state index contributed by atoms with van der Waals surface area (Å²) in [6.45, 7) is 2.12. The largest absolute Gasteiger partial charge is 0.493 e. The smallest absolute Gasteiger partial charge is 0.451 e. The van der Waals surface area contributed by atoms with Gasteiger partial charge in [-0.15, -0.1) is 10.2 Å². The standard InChI is InChI=1S/C14H14ClF3N4O2/c1-8-7-9(15)4-5-10(8)24-6-2-3-11(23)19-13-20-12(21-22-13)14(16,17)18/h4-5,7H,2-3,6H2,1H3,(H2,19,20,21,22,23). The number of carbonyl (C=O) groups is 1. The van der Waals surface area contributed by atoms with Crippen LogP contribution in [0.4, 0.5) is 19.1 Å². The van der Waals surface area contributed by atoms with Gasteiger partial charge < -0.3 is 9.72 Å². The average molecular weight is 363 g/mol. The molecule has 0 aliphatic rings. The first kappa shape index (κ1) is 18.1. The molecule has 0 bridgehead atoms. The fourth-order valence-corrected chi connectivity index (χ4v) is 2.06. The van der Waals surface area contributed by atoms with Gasteiger partial charge in [0.15, 0.2) is 0 Å². The lowest BCUT2D eigenvalue weighted by Crippen LogP contribution is -2.14. The van der Waals surface area contributed by atoms with Crippen LogP contribution in [0.25, 0.3) is 0 Å². The molecule has 0 aliphatic carbocycles. The van der Waals surface area contributed by atoms with Gasteiger partial charge in [0.2, 0.25) is 17.7 Å². The molecule has 0 spiro atoms. The Labute approximate surface area is 140 Å². The minimum absolute atomic E-state index is 0.0642. The number of anilines is 1. The van der Waals surface area contributed by atoms with E-state index in [4.69, 9.17) is 16.3 Å². The van der Waals surface area contributed by atoms with E-state index >= 15 is 0 Å². The van der Waals surface area contributed by atoms with E-state index in [-0.39, 0.29) is 19.0 Å². The number of hydrogen-bond donors (Lipinski definition) is 2. The number of alkyl halides is 3. The summed E-state index contributed by atoms with van der Waals surface area (Å²) in [7, 11) is 0. The maximum Gasteiger partial charge on any atom is 0.451 e. The predicted molar refractivity (Wildman–Crippen MR) is 80.9 cm³/mol. The third-order valence-corrected chi connectivity index (χ3v) is 3.19. The van der Waals surface area contributed by atoms with Crippen LogP contribution in [0.3, 0.4) is 0 Å². The second kappa shape index (κ2) is 7.52. The first-order valence-electron chi connectivity index (χ1n) is 6.94. The molecule has 2 N–H and O–H groups in total. The van der Waals surface area contributed by atoms with Gasteiger partial charge in [-0.3, -0.25) is 10.1 Å². The topological polar surface area (TPSA) is 79.9 Å². The van der Waals surface area contributed by atoms with Crippen molar-refractivity contribution >= 4 is 23.5 Å². The van der Waals surface area contributed by atoms with Gasteiger partial charge in [-0.2, -0.15) is 13.2 Å². The molecule has 130 valence electrons. The third-order valence-electron chi connectivity index (χ3n) is 2.96. The monoisotopic (exact) mass is 362 g/mol. The molecule has 0 fully saturated rings. The maximum atomic E-state index is 12.3. The van der Waals surface area contributed by atoms with Crippen LogP contribution < -0.4 is 10.1 Å². The second-order valence-electron chi connectivity index (χ2n) is 4.93. The van der Waals surface area contributed by atoms with Crippen LogP contribution >= 0.6 is 11.6 Å². The number of carbonyl (C=O) groups excluding carboxylic acids is 1. The quantitative estimate of drug-likeness (QED) is 0.770. The molecule has 10 heteroatoms. The Bertz CT molecular complexity index is 718. The molecular formula is C14H14ClF3N4O2. The molecule has 1 amide bonds. The van der Waals surface area contributed by atoms with Gasteiger partial charge >= 0.3 is 6.18 Å². The number of aryl methyl sites for hydroxylation is 1. The van der Waals surface area contributed by atoms with Gasteiger partial charge in [0.1, 0.15) is 5.75 Å². The Kier molecular flexibility index (Phi) is 5.66. The van der Waals surface area contributed by atoms with E-state index in [1.165, 1.54) is 0 Å². The van der Waals surface area contributed by atoms with Crippen molar-refractivity contribution in [3.05, 3.63) is 34.6 Å². The third kappa shape index (κ3) is 5.12. The lowest BCUT2D eigenvalue weighted by molar-refractivity contribution is -0.144. The van der Waals surface area contributed by atoms with Crippen molar-refractivity contribution in [3.8, 4) is 5.75 Å². The molecular weight excluding hydrogens is 349 g/mol. The van der Waals surface area contributed by atoms with Gasteiger partial charge in [0, 0.05) is 11.4 Å². The SMILES string of the molecule is Cc1cc(Cl)ccc1OCCCC(=O)Nc1nnc(C(F)(F)F)[nH]1. The van der Waals surface area contributed by atoms with Crippen LogP contribution in [0, 0.1) is 6.92 Å². The molecule has 1 heterocycles. The summed E-state index contributed by atoms with van der Waals surface area (Å²) >= 11 is 5.83. The fraction of sp³-hybridized carbons (Fsp3) is 0.357. The van der Waals surface area contributed by atoms with Gasteiger partial charge in [-0.1, -0.05) is 11.6 Å². The van der Waals surface area contributed by atoms with E-state index in [0.717, 1.165) is 5.56 Å². The lowest BCUT2D eigenvalue weighted by Gasteiger charge is -2.09. The minimum atomic E-state index is -4.64. The summed E-state index contributed by atoms with van der Waals surface area (Å²) in [6, 6.07) is 5.18. The summed E-state index contributed by atoms with van der Waals surface area (Å²) in [5, 5.41) is 8.94. The minimum Gasteiger partial charge on any atom is -0.493 e. The van der Waals surface area contributed by atoms with Crippen molar-refractivity contribution in [2.45, 2.75) is 25.9 Å². The van der Waals surface area contributed by atoms with Crippen LogP contribution in [0.5, 0.6) is 5.75 Å². The number of ether oxygens (including phenoxy) is 1. The number of rotatable bonds is 6. The zero-order valence-corrected chi connectivity index (χ0v) is 13.3. The summed E-state index contributed by atoms with van der Waals surface area (Å²) in [5.74, 6) is -1.44. The average Bonchev–Trinajstić information content (AvgIpc) is 2.94. The van der Waals surface area contributed by atoms with E-state index < -0.39 is 17.9 Å². The Balaban J connectivity index is 1.74. The van der Waals surface area contributed by atoms with Crippen molar-refractivity contribution in [2.75, 3.05) is 11.9 Å².